The topological polar surface area (TPSA) is 75.7 Å². The molecule has 2 aromatic carbocycles. The van der Waals surface area contributed by atoms with Crippen molar-refractivity contribution in [2.75, 3.05) is 24.2 Å². The third-order valence-corrected chi connectivity index (χ3v) is 5.46. The minimum atomic E-state index is -3.61. The zero-order chi connectivity index (χ0) is 20.0. The van der Waals surface area contributed by atoms with Crippen molar-refractivity contribution in [2.45, 2.75) is 26.3 Å². The fourth-order valence-corrected chi connectivity index (χ4v) is 3.86. The predicted octanol–water partition coefficient (Wildman–Crippen LogP) is 3.04. The molecule has 1 amide bonds. The summed E-state index contributed by atoms with van der Waals surface area (Å²) in [5.41, 5.74) is 2.14. The maximum atomic E-state index is 12.7. The molecule has 0 saturated carbocycles. The monoisotopic (exact) mass is 390 g/mol. The Kier molecular flexibility index (Phi) is 6.85. The van der Waals surface area contributed by atoms with E-state index < -0.39 is 10.0 Å². The van der Waals surface area contributed by atoms with Crippen molar-refractivity contribution in [2.24, 2.45) is 0 Å². The third kappa shape index (κ3) is 5.23. The van der Waals surface area contributed by atoms with Crippen LogP contribution < -0.4 is 14.4 Å². The molecule has 1 unspecified atom stereocenters. The minimum absolute atomic E-state index is 0.271. The van der Waals surface area contributed by atoms with Gasteiger partial charge in [-0.15, -0.1) is 0 Å². The number of nitrogens with zero attached hydrogens (tertiary/aromatic N) is 1. The molecule has 1 N–H and O–H groups in total. The first-order valence-electron chi connectivity index (χ1n) is 8.73. The summed E-state index contributed by atoms with van der Waals surface area (Å²) < 4.78 is 31.0. The van der Waals surface area contributed by atoms with Gasteiger partial charge < -0.3 is 10.1 Å². The SMILES string of the molecule is CCC(NC(=O)CN(c1ccccc1C)S(C)(=O)=O)c1ccccc1OC. The molecule has 146 valence electrons. The molecule has 2 aromatic rings. The van der Waals surface area contributed by atoms with Gasteiger partial charge in [-0.2, -0.15) is 0 Å². The number of hydrogen-bond acceptors (Lipinski definition) is 4. The van der Waals surface area contributed by atoms with Crippen LogP contribution in [-0.4, -0.2) is 34.2 Å². The van der Waals surface area contributed by atoms with E-state index >= 15 is 0 Å². The highest BCUT2D eigenvalue weighted by molar-refractivity contribution is 7.92. The Hall–Kier alpha value is -2.54. The molecule has 7 heteroatoms. The Balaban J connectivity index is 2.24. The molecular weight excluding hydrogens is 364 g/mol. The maximum absolute atomic E-state index is 12.7. The highest BCUT2D eigenvalue weighted by atomic mass is 32.2. The number of methoxy groups -OCH3 is 1. The van der Waals surface area contributed by atoms with Gasteiger partial charge in [0.25, 0.3) is 0 Å². The number of amides is 1. The van der Waals surface area contributed by atoms with Crippen molar-refractivity contribution < 1.29 is 17.9 Å². The number of anilines is 1. The van der Waals surface area contributed by atoms with E-state index in [9.17, 15) is 13.2 Å². The number of rotatable bonds is 8. The average molecular weight is 391 g/mol. The molecule has 0 aliphatic rings. The number of aryl methyl sites for hydroxylation is 1. The molecule has 0 heterocycles. The lowest BCUT2D eigenvalue weighted by Crippen LogP contribution is -2.41. The Morgan fingerprint density at radius 1 is 1.15 bits per heavy atom. The van der Waals surface area contributed by atoms with Crippen molar-refractivity contribution in [3.8, 4) is 5.75 Å². The summed E-state index contributed by atoms with van der Waals surface area (Å²) in [6.45, 7) is 3.48. The standard InChI is InChI=1S/C20H26N2O4S/c1-5-17(16-11-7-9-13-19(16)26-3)21-20(23)14-22(27(4,24)25)18-12-8-6-10-15(18)2/h6-13,17H,5,14H2,1-4H3,(H,21,23). The number of carbonyl (C=O) groups excluding carboxylic acids is 1. The number of carbonyl (C=O) groups is 1. The maximum Gasteiger partial charge on any atom is 0.241 e. The van der Waals surface area contributed by atoms with Crippen molar-refractivity contribution in [3.63, 3.8) is 0 Å². The molecule has 0 spiro atoms. The van der Waals surface area contributed by atoms with Crippen LogP contribution in [0.25, 0.3) is 0 Å². The van der Waals surface area contributed by atoms with E-state index in [1.165, 1.54) is 0 Å². The number of sulfonamides is 1. The lowest BCUT2D eigenvalue weighted by Gasteiger charge is -2.25. The molecule has 1 atom stereocenters. The van der Waals surface area contributed by atoms with Crippen LogP contribution in [0.4, 0.5) is 5.69 Å². The van der Waals surface area contributed by atoms with Crippen LogP contribution in [0.15, 0.2) is 48.5 Å². The lowest BCUT2D eigenvalue weighted by molar-refractivity contribution is -0.120. The summed E-state index contributed by atoms with van der Waals surface area (Å²) in [7, 11) is -2.03. The molecule has 0 aliphatic heterocycles. The third-order valence-electron chi connectivity index (χ3n) is 4.33. The van der Waals surface area contributed by atoms with Gasteiger partial charge in [0.05, 0.1) is 25.1 Å². The number of nitrogens with one attached hydrogen (secondary N) is 1. The van der Waals surface area contributed by atoms with E-state index in [0.717, 1.165) is 21.7 Å². The molecule has 2 rings (SSSR count). The van der Waals surface area contributed by atoms with Gasteiger partial charge in [-0.3, -0.25) is 9.10 Å². The van der Waals surface area contributed by atoms with Crippen molar-refractivity contribution in [1.29, 1.82) is 0 Å². The quantitative estimate of drug-likeness (QED) is 0.752. The average Bonchev–Trinajstić information content (AvgIpc) is 2.64. The van der Waals surface area contributed by atoms with Crippen molar-refractivity contribution in [1.82, 2.24) is 5.32 Å². The first-order valence-corrected chi connectivity index (χ1v) is 10.6. The fourth-order valence-electron chi connectivity index (χ4n) is 2.95. The van der Waals surface area contributed by atoms with Crippen LogP contribution >= 0.6 is 0 Å². The molecule has 27 heavy (non-hydrogen) atoms. The van der Waals surface area contributed by atoms with Gasteiger partial charge in [-0.1, -0.05) is 43.3 Å². The van der Waals surface area contributed by atoms with Gasteiger partial charge in [0, 0.05) is 5.56 Å². The normalized spacial score (nSPS) is 12.3. The Morgan fingerprint density at radius 2 is 1.78 bits per heavy atom. The van der Waals surface area contributed by atoms with E-state index in [2.05, 4.69) is 5.32 Å². The number of ether oxygens (including phenoxy) is 1. The van der Waals surface area contributed by atoms with Gasteiger partial charge >= 0.3 is 0 Å². The number of benzene rings is 2. The molecule has 0 aromatic heterocycles. The molecule has 0 radical (unpaired) electrons. The van der Waals surface area contributed by atoms with Gasteiger partial charge in [0.2, 0.25) is 15.9 Å². The minimum Gasteiger partial charge on any atom is -0.496 e. The largest absolute Gasteiger partial charge is 0.496 e. The van der Waals surface area contributed by atoms with E-state index in [0.29, 0.717) is 17.9 Å². The van der Waals surface area contributed by atoms with Crippen LogP contribution in [-0.2, 0) is 14.8 Å². The first-order chi connectivity index (χ1) is 12.8. The van der Waals surface area contributed by atoms with Gasteiger partial charge in [0.15, 0.2) is 0 Å². The summed E-state index contributed by atoms with van der Waals surface area (Å²) >= 11 is 0. The van der Waals surface area contributed by atoms with Crippen LogP contribution in [0.5, 0.6) is 5.75 Å². The molecule has 0 fully saturated rings. The van der Waals surface area contributed by atoms with E-state index in [1.54, 1.807) is 19.2 Å². The Bertz CT molecular complexity index is 896. The van der Waals surface area contributed by atoms with E-state index in [1.807, 2.05) is 50.2 Å². The summed E-state index contributed by atoms with van der Waals surface area (Å²) in [6.07, 6.45) is 1.75. The molecule has 0 aliphatic carbocycles. The van der Waals surface area contributed by atoms with Gasteiger partial charge in [-0.25, -0.2) is 8.42 Å². The molecule has 6 nitrogen and oxygen atoms in total. The second kappa shape index (κ2) is 8.90. The molecule has 0 saturated heterocycles. The molecule has 0 bridgehead atoms. The van der Waals surface area contributed by atoms with Crippen molar-refractivity contribution in [3.05, 3.63) is 59.7 Å². The van der Waals surface area contributed by atoms with Crippen LogP contribution in [0.3, 0.4) is 0 Å². The summed E-state index contributed by atoms with van der Waals surface area (Å²) in [4.78, 5) is 12.7. The fraction of sp³-hybridized carbons (Fsp3) is 0.350. The van der Waals surface area contributed by atoms with Gasteiger partial charge in [-0.05, 0) is 31.0 Å². The number of para-hydroxylation sites is 2. The van der Waals surface area contributed by atoms with Crippen molar-refractivity contribution >= 4 is 21.6 Å². The van der Waals surface area contributed by atoms with Crippen LogP contribution in [0, 0.1) is 6.92 Å². The van der Waals surface area contributed by atoms with Gasteiger partial charge in [0.1, 0.15) is 12.3 Å². The second-order valence-electron chi connectivity index (χ2n) is 6.33. The molecular formula is C20H26N2O4S. The van der Waals surface area contributed by atoms with Crippen LogP contribution in [0.2, 0.25) is 0 Å². The highest BCUT2D eigenvalue weighted by Gasteiger charge is 2.24. The smallest absolute Gasteiger partial charge is 0.241 e. The van der Waals surface area contributed by atoms with E-state index in [-0.39, 0.29) is 18.5 Å². The summed E-state index contributed by atoms with van der Waals surface area (Å²) in [5.74, 6) is 0.310. The summed E-state index contributed by atoms with van der Waals surface area (Å²) in [6, 6.07) is 14.3. The Morgan fingerprint density at radius 3 is 2.37 bits per heavy atom. The Labute approximate surface area is 161 Å². The summed E-state index contributed by atoms with van der Waals surface area (Å²) in [5, 5.41) is 2.92. The number of hydrogen-bond donors (Lipinski definition) is 1. The zero-order valence-corrected chi connectivity index (χ0v) is 16.9. The van der Waals surface area contributed by atoms with Crippen LogP contribution in [0.1, 0.15) is 30.5 Å². The predicted molar refractivity (Wildman–Crippen MR) is 108 cm³/mol. The first kappa shape index (κ1) is 20.8. The second-order valence-corrected chi connectivity index (χ2v) is 8.23. The zero-order valence-electron chi connectivity index (χ0n) is 16.1. The van der Waals surface area contributed by atoms with E-state index in [4.69, 9.17) is 4.74 Å². The highest BCUT2D eigenvalue weighted by Crippen LogP contribution is 2.27. The lowest BCUT2D eigenvalue weighted by atomic mass is 10.0.